The van der Waals surface area contributed by atoms with Gasteiger partial charge < -0.3 is 9.47 Å². The summed E-state index contributed by atoms with van der Waals surface area (Å²) in [4.78, 5) is 2.60. The summed E-state index contributed by atoms with van der Waals surface area (Å²) < 4.78 is 11.0. The van der Waals surface area contributed by atoms with Gasteiger partial charge in [0.25, 0.3) is 0 Å². The second kappa shape index (κ2) is 6.98. The molecule has 0 aromatic heterocycles. The minimum absolute atomic E-state index is 0.455. The van der Waals surface area contributed by atoms with Crippen LogP contribution in [0.4, 0.5) is 0 Å². The first kappa shape index (κ1) is 15.2. The van der Waals surface area contributed by atoms with Crippen LogP contribution in [0.1, 0.15) is 44.7 Å². The van der Waals surface area contributed by atoms with Gasteiger partial charge in [0.05, 0.1) is 14.2 Å². The van der Waals surface area contributed by atoms with Crippen molar-refractivity contribution in [1.29, 1.82) is 0 Å². The molecule has 0 aliphatic carbocycles. The van der Waals surface area contributed by atoms with E-state index >= 15 is 0 Å². The van der Waals surface area contributed by atoms with Crippen molar-refractivity contribution >= 4 is 0 Å². The molecular weight excluding hydrogens is 250 g/mol. The van der Waals surface area contributed by atoms with E-state index in [0.717, 1.165) is 18.0 Å². The molecule has 0 spiro atoms. The van der Waals surface area contributed by atoms with E-state index in [-0.39, 0.29) is 0 Å². The smallest absolute Gasteiger partial charge is 0.123 e. The van der Waals surface area contributed by atoms with Crippen molar-refractivity contribution in [3.05, 3.63) is 23.8 Å². The zero-order valence-electron chi connectivity index (χ0n) is 13.2. The fourth-order valence-electron chi connectivity index (χ4n) is 3.13. The third-order valence-corrected chi connectivity index (χ3v) is 4.01. The normalized spacial score (nSPS) is 20.1. The van der Waals surface area contributed by atoms with Gasteiger partial charge in [0.2, 0.25) is 0 Å². The molecule has 0 bridgehead atoms. The van der Waals surface area contributed by atoms with Gasteiger partial charge in [-0.25, -0.2) is 0 Å². The molecule has 2 rings (SSSR count). The lowest BCUT2D eigenvalue weighted by Gasteiger charge is -2.37. The highest BCUT2D eigenvalue weighted by Crippen LogP contribution is 2.38. The van der Waals surface area contributed by atoms with Gasteiger partial charge in [-0.2, -0.15) is 0 Å². The van der Waals surface area contributed by atoms with Crippen molar-refractivity contribution in [1.82, 2.24) is 4.90 Å². The van der Waals surface area contributed by atoms with Crippen LogP contribution in [0.25, 0.3) is 0 Å². The minimum Gasteiger partial charge on any atom is -0.497 e. The quantitative estimate of drug-likeness (QED) is 0.815. The second-order valence-electron chi connectivity index (χ2n) is 6.01. The number of piperidine rings is 1. The topological polar surface area (TPSA) is 21.7 Å². The third kappa shape index (κ3) is 3.45. The van der Waals surface area contributed by atoms with Crippen molar-refractivity contribution in [2.24, 2.45) is 5.92 Å². The van der Waals surface area contributed by atoms with Gasteiger partial charge in [0.15, 0.2) is 0 Å². The van der Waals surface area contributed by atoms with Crippen LogP contribution in [0.2, 0.25) is 0 Å². The van der Waals surface area contributed by atoms with E-state index in [1.807, 2.05) is 12.1 Å². The zero-order valence-corrected chi connectivity index (χ0v) is 13.2. The predicted molar refractivity (Wildman–Crippen MR) is 82.5 cm³/mol. The maximum atomic E-state index is 5.57. The largest absolute Gasteiger partial charge is 0.497 e. The minimum atomic E-state index is 0.455. The molecule has 1 fully saturated rings. The molecule has 0 unspecified atom stereocenters. The summed E-state index contributed by atoms with van der Waals surface area (Å²) in [5.74, 6) is 2.58. The summed E-state index contributed by atoms with van der Waals surface area (Å²) in [5.41, 5.74) is 1.27. The predicted octanol–water partition coefficient (Wildman–Crippen LogP) is 3.89. The lowest BCUT2D eigenvalue weighted by Crippen LogP contribution is -2.36. The standard InChI is InChI=1S/C17H27NO2/c1-13(2)12-18-10-6-5-7-16(18)15-11-14(19-3)8-9-17(15)20-4/h8-9,11,13,16H,5-7,10,12H2,1-4H3/t16-/m0/s1. The summed E-state index contributed by atoms with van der Waals surface area (Å²) in [6.45, 7) is 6.90. The molecule has 20 heavy (non-hydrogen) atoms. The Balaban J connectivity index is 2.30. The highest BCUT2D eigenvalue weighted by molar-refractivity contribution is 5.42. The summed E-state index contributed by atoms with van der Waals surface area (Å²) in [7, 11) is 3.47. The monoisotopic (exact) mass is 277 g/mol. The average Bonchev–Trinajstić information content (AvgIpc) is 2.46. The van der Waals surface area contributed by atoms with Gasteiger partial charge >= 0.3 is 0 Å². The number of hydrogen-bond acceptors (Lipinski definition) is 3. The molecular formula is C17H27NO2. The van der Waals surface area contributed by atoms with Crippen molar-refractivity contribution in [2.75, 3.05) is 27.3 Å². The summed E-state index contributed by atoms with van der Waals surface area (Å²) >= 11 is 0. The van der Waals surface area contributed by atoms with E-state index in [9.17, 15) is 0 Å². The van der Waals surface area contributed by atoms with E-state index in [1.54, 1.807) is 14.2 Å². The van der Waals surface area contributed by atoms with Crippen LogP contribution in [0.15, 0.2) is 18.2 Å². The van der Waals surface area contributed by atoms with Crippen molar-refractivity contribution in [3.8, 4) is 11.5 Å². The molecule has 0 amide bonds. The first-order chi connectivity index (χ1) is 9.65. The number of ether oxygens (including phenoxy) is 2. The molecule has 1 aromatic rings. The number of nitrogens with zero attached hydrogens (tertiary/aromatic N) is 1. The van der Waals surface area contributed by atoms with Gasteiger partial charge in [0, 0.05) is 18.2 Å². The van der Waals surface area contributed by atoms with E-state index < -0.39 is 0 Å². The van der Waals surface area contributed by atoms with Gasteiger partial charge in [-0.05, 0) is 43.5 Å². The lowest BCUT2D eigenvalue weighted by molar-refractivity contribution is 0.130. The molecule has 1 saturated heterocycles. The number of hydrogen-bond donors (Lipinski definition) is 0. The van der Waals surface area contributed by atoms with Crippen molar-refractivity contribution < 1.29 is 9.47 Å². The number of likely N-dealkylation sites (tertiary alicyclic amines) is 1. The molecule has 112 valence electrons. The van der Waals surface area contributed by atoms with Gasteiger partial charge in [-0.1, -0.05) is 20.3 Å². The van der Waals surface area contributed by atoms with Gasteiger partial charge in [-0.15, -0.1) is 0 Å². The summed E-state index contributed by atoms with van der Waals surface area (Å²) in [5, 5.41) is 0. The summed E-state index contributed by atoms with van der Waals surface area (Å²) in [6.07, 6.45) is 3.80. The zero-order chi connectivity index (χ0) is 14.5. The lowest BCUT2D eigenvalue weighted by atomic mass is 9.93. The van der Waals surface area contributed by atoms with Crippen LogP contribution in [0.3, 0.4) is 0 Å². The van der Waals surface area contributed by atoms with Gasteiger partial charge in [0.1, 0.15) is 11.5 Å². The van der Waals surface area contributed by atoms with E-state index in [2.05, 4.69) is 24.8 Å². The second-order valence-corrected chi connectivity index (χ2v) is 6.01. The maximum absolute atomic E-state index is 5.57. The maximum Gasteiger partial charge on any atom is 0.123 e. The Morgan fingerprint density at radius 2 is 2.00 bits per heavy atom. The number of benzene rings is 1. The fraction of sp³-hybridized carbons (Fsp3) is 0.647. The first-order valence-corrected chi connectivity index (χ1v) is 7.61. The highest BCUT2D eigenvalue weighted by atomic mass is 16.5. The molecule has 0 N–H and O–H groups in total. The molecule has 3 nitrogen and oxygen atoms in total. The van der Waals surface area contributed by atoms with Crippen LogP contribution < -0.4 is 9.47 Å². The molecule has 0 radical (unpaired) electrons. The van der Waals surface area contributed by atoms with Gasteiger partial charge in [-0.3, -0.25) is 4.90 Å². The Morgan fingerprint density at radius 1 is 1.20 bits per heavy atom. The number of methoxy groups -OCH3 is 2. The average molecular weight is 277 g/mol. The van der Waals surface area contributed by atoms with Crippen LogP contribution in [0, 0.1) is 5.92 Å². The Morgan fingerprint density at radius 3 is 2.65 bits per heavy atom. The Labute approximate surface area is 122 Å². The van der Waals surface area contributed by atoms with Crippen molar-refractivity contribution in [2.45, 2.75) is 39.2 Å². The Kier molecular flexibility index (Phi) is 5.30. The molecule has 0 saturated carbocycles. The molecule has 1 aromatic carbocycles. The fourth-order valence-corrected chi connectivity index (χ4v) is 3.13. The Bertz CT molecular complexity index is 431. The van der Waals surface area contributed by atoms with Crippen LogP contribution >= 0.6 is 0 Å². The molecule has 3 heteroatoms. The SMILES string of the molecule is COc1ccc(OC)c([C@@H]2CCCCN2CC(C)C)c1. The third-order valence-electron chi connectivity index (χ3n) is 4.01. The Hall–Kier alpha value is -1.22. The highest BCUT2D eigenvalue weighted by Gasteiger charge is 2.27. The van der Waals surface area contributed by atoms with Crippen LogP contribution in [0.5, 0.6) is 11.5 Å². The van der Waals surface area contributed by atoms with Crippen LogP contribution in [-0.2, 0) is 0 Å². The van der Waals surface area contributed by atoms with E-state index in [0.29, 0.717) is 12.0 Å². The van der Waals surface area contributed by atoms with E-state index in [1.165, 1.54) is 31.4 Å². The number of rotatable bonds is 5. The molecule has 1 heterocycles. The molecule has 1 aliphatic rings. The summed E-state index contributed by atoms with van der Waals surface area (Å²) in [6, 6.07) is 6.59. The van der Waals surface area contributed by atoms with Crippen LogP contribution in [-0.4, -0.2) is 32.2 Å². The molecule has 1 atom stereocenters. The molecule has 1 aliphatic heterocycles. The van der Waals surface area contributed by atoms with E-state index in [4.69, 9.17) is 9.47 Å². The van der Waals surface area contributed by atoms with Crippen molar-refractivity contribution in [3.63, 3.8) is 0 Å². The first-order valence-electron chi connectivity index (χ1n) is 7.61.